The van der Waals surface area contributed by atoms with E-state index in [4.69, 9.17) is 4.74 Å². The first-order valence-electron chi connectivity index (χ1n) is 7.26. The zero-order valence-electron chi connectivity index (χ0n) is 12.8. The molecule has 1 aliphatic heterocycles. The highest BCUT2D eigenvalue weighted by Gasteiger charge is 2.42. The molecule has 0 bridgehead atoms. The fourth-order valence-corrected chi connectivity index (χ4v) is 2.74. The van der Waals surface area contributed by atoms with E-state index in [-0.39, 0.29) is 5.41 Å². The van der Waals surface area contributed by atoms with E-state index in [1.54, 1.807) is 6.33 Å². The lowest BCUT2D eigenvalue weighted by molar-refractivity contribution is -0.0611. The van der Waals surface area contributed by atoms with Crippen LogP contribution in [-0.4, -0.2) is 39.5 Å². The summed E-state index contributed by atoms with van der Waals surface area (Å²) < 4.78 is 7.49. The highest BCUT2D eigenvalue weighted by atomic mass is 16.5. The van der Waals surface area contributed by atoms with Gasteiger partial charge in [0.2, 0.25) is 0 Å². The number of pyridine rings is 1. The minimum atomic E-state index is -0.0152. The molecule has 2 aromatic rings. The Morgan fingerprint density at radius 3 is 2.76 bits per heavy atom. The van der Waals surface area contributed by atoms with Gasteiger partial charge in [0.1, 0.15) is 18.0 Å². The van der Waals surface area contributed by atoms with E-state index >= 15 is 0 Å². The van der Waals surface area contributed by atoms with Crippen molar-refractivity contribution in [2.24, 2.45) is 7.05 Å². The molecular formula is C15H21N5O. The molecule has 0 amide bonds. The van der Waals surface area contributed by atoms with Crippen molar-refractivity contribution in [3.8, 4) is 0 Å². The molecule has 0 radical (unpaired) electrons. The third-order valence-corrected chi connectivity index (χ3v) is 3.98. The fourth-order valence-electron chi connectivity index (χ4n) is 2.74. The van der Waals surface area contributed by atoms with Gasteiger partial charge in [-0.2, -0.15) is 0 Å². The average Bonchev–Trinajstić information content (AvgIpc) is 2.79. The lowest BCUT2D eigenvalue weighted by Crippen LogP contribution is -2.49. The Hall–Kier alpha value is -1.95. The number of hydrogen-bond acceptors (Lipinski definition) is 5. The van der Waals surface area contributed by atoms with Gasteiger partial charge in [-0.25, -0.2) is 4.98 Å². The number of hydrogen-bond donors (Lipinski definition) is 1. The second-order valence-electron chi connectivity index (χ2n) is 5.72. The van der Waals surface area contributed by atoms with Crippen molar-refractivity contribution in [2.75, 3.05) is 25.1 Å². The van der Waals surface area contributed by atoms with Gasteiger partial charge in [0.05, 0.1) is 13.2 Å². The minimum absolute atomic E-state index is 0.0152. The van der Waals surface area contributed by atoms with Crippen LogP contribution in [0.25, 0.3) is 0 Å². The third-order valence-electron chi connectivity index (χ3n) is 3.98. The summed E-state index contributed by atoms with van der Waals surface area (Å²) in [5.74, 6) is 1.91. The van der Waals surface area contributed by atoms with Gasteiger partial charge in [0, 0.05) is 31.1 Å². The van der Waals surface area contributed by atoms with Crippen LogP contribution in [0.3, 0.4) is 0 Å². The van der Waals surface area contributed by atoms with E-state index in [0.717, 1.165) is 43.5 Å². The Morgan fingerprint density at radius 2 is 2.19 bits per heavy atom. The molecule has 0 aliphatic carbocycles. The van der Waals surface area contributed by atoms with Crippen LogP contribution >= 0.6 is 0 Å². The molecule has 2 aromatic heterocycles. The van der Waals surface area contributed by atoms with Gasteiger partial charge in [0.15, 0.2) is 0 Å². The molecule has 1 aliphatic rings. The summed E-state index contributed by atoms with van der Waals surface area (Å²) in [7, 11) is 1.98. The summed E-state index contributed by atoms with van der Waals surface area (Å²) in [5, 5.41) is 11.5. The van der Waals surface area contributed by atoms with E-state index in [1.165, 1.54) is 5.56 Å². The highest BCUT2D eigenvalue weighted by molar-refractivity contribution is 5.43. The summed E-state index contributed by atoms with van der Waals surface area (Å²) in [6.45, 7) is 6.40. The van der Waals surface area contributed by atoms with Gasteiger partial charge in [-0.3, -0.25) is 0 Å². The molecule has 6 nitrogen and oxygen atoms in total. The molecule has 0 spiro atoms. The van der Waals surface area contributed by atoms with E-state index in [2.05, 4.69) is 39.6 Å². The van der Waals surface area contributed by atoms with Crippen LogP contribution in [0.2, 0.25) is 0 Å². The second kappa shape index (κ2) is 5.44. The summed E-state index contributed by atoms with van der Waals surface area (Å²) >= 11 is 0. The van der Waals surface area contributed by atoms with Gasteiger partial charge >= 0.3 is 0 Å². The van der Waals surface area contributed by atoms with Gasteiger partial charge in [0.25, 0.3) is 0 Å². The predicted molar refractivity (Wildman–Crippen MR) is 80.3 cm³/mol. The number of nitrogens with zero attached hydrogens (tertiary/aromatic N) is 4. The van der Waals surface area contributed by atoms with Crippen molar-refractivity contribution in [2.45, 2.75) is 25.7 Å². The number of rotatable bonds is 5. The van der Waals surface area contributed by atoms with Crippen LogP contribution in [0.5, 0.6) is 0 Å². The van der Waals surface area contributed by atoms with Crippen molar-refractivity contribution in [3.05, 3.63) is 35.5 Å². The first kappa shape index (κ1) is 14.0. The summed E-state index contributed by atoms with van der Waals surface area (Å²) in [4.78, 5) is 4.52. The molecule has 1 fully saturated rings. The van der Waals surface area contributed by atoms with Crippen LogP contribution in [-0.2, 0) is 23.6 Å². The van der Waals surface area contributed by atoms with Crippen LogP contribution in [0.1, 0.15) is 24.0 Å². The van der Waals surface area contributed by atoms with Gasteiger partial charge in [-0.1, -0.05) is 0 Å². The first-order chi connectivity index (χ1) is 10.1. The minimum Gasteiger partial charge on any atom is -0.379 e. The Kier molecular flexibility index (Phi) is 3.63. The van der Waals surface area contributed by atoms with Crippen molar-refractivity contribution >= 4 is 5.82 Å². The van der Waals surface area contributed by atoms with Gasteiger partial charge < -0.3 is 14.6 Å². The molecule has 3 heterocycles. The third kappa shape index (κ3) is 2.63. The second-order valence-corrected chi connectivity index (χ2v) is 5.72. The Labute approximate surface area is 124 Å². The zero-order valence-corrected chi connectivity index (χ0v) is 12.8. The monoisotopic (exact) mass is 287 g/mol. The Balaban J connectivity index is 1.94. The van der Waals surface area contributed by atoms with Crippen LogP contribution in [0.4, 0.5) is 5.82 Å². The maximum Gasteiger partial charge on any atom is 0.133 e. The topological polar surface area (TPSA) is 64.9 Å². The van der Waals surface area contributed by atoms with Crippen LogP contribution in [0.15, 0.2) is 18.5 Å². The normalized spacial score (nSPS) is 16.5. The molecule has 112 valence electrons. The molecule has 3 rings (SSSR count). The average molecular weight is 287 g/mol. The lowest BCUT2D eigenvalue weighted by atomic mass is 9.75. The summed E-state index contributed by atoms with van der Waals surface area (Å²) in [5.41, 5.74) is 2.27. The standard InChI is InChI=1S/C15H21N5O/c1-4-16-13-6-12(5-11(2)18-13)15(8-21-9-15)7-14-19-17-10-20(14)3/h5-6,10H,4,7-9H2,1-3H3,(H,16,18). The van der Waals surface area contributed by atoms with Crippen molar-refractivity contribution < 1.29 is 4.74 Å². The Morgan fingerprint density at radius 1 is 1.38 bits per heavy atom. The SMILES string of the molecule is CCNc1cc(C2(Cc3nncn3C)COC2)cc(C)n1. The maximum absolute atomic E-state index is 5.52. The number of aromatic nitrogens is 4. The first-order valence-corrected chi connectivity index (χ1v) is 7.26. The highest BCUT2D eigenvalue weighted by Crippen LogP contribution is 2.36. The quantitative estimate of drug-likeness (QED) is 0.902. The number of ether oxygens (including phenoxy) is 1. The van der Waals surface area contributed by atoms with Gasteiger partial charge in [-0.15, -0.1) is 10.2 Å². The van der Waals surface area contributed by atoms with Crippen molar-refractivity contribution in [1.29, 1.82) is 0 Å². The maximum atomic E-state index is 5.52. The van der Waals surface area contributed by atoms with E-state index in [1.807, 2.05) is 18.5 Å². The van der Waals surface area contributed by atoms with Crippen molar-refractivity contribution in [1.82, 2.24) is 19.7 Å². The fraction of sp³-hybridized carbons (Fsp3) is 0.533. The molecule has 0 atom stereocenters. The Bertz CT molecular complexity index is 633. The zero-order chi connectivity index (χ0) is 14.9. The van der Waals surface area contributed by atoms with Crippen LogP contribution in [0, 0.1) is 6.92 Å². The molecule has 21 heavy (non-hydrogen) atoms. The smallest absolute Gasteiger partial charge is 0.133 e. The molecule has 0 unspecified atom stereocenters. The van der Waals surface area contributed by atoms with E-state index in [0.29, 0.717) is 0 Å². The number of aryl methyl sites for hydroxylation is 2. The predicted octanol–water partition coefficient (Wildman–Crippen LogP) is 1.46. The van der Waals surface area contributed by atoms with E-state index in [9.17, 15) is 0 Å². The molecular weight excluding hydrogens is 266 g/mol. The number of anilines is 1. The summed E-state index contributed by atoms with van der Waals surface area (Å²) in [6, 6.07) is 4.29. The lowest BCUT2D eigenvalue weighted by Gasteiger charge is -2.42. The number of nitrogens with one attached hydrogen (secondary N) is 1. The van der Waals surface area contributed by atoms with Gasteiger partial charge in [-0.05, 0) is 31.5 Å². The largest absolute Gasteiger partial charge is 0.379 e. The molecule has 1 N–H and O–H groups in total. The van der Waals surface area contributed by atoms with Crippen LogP contribution < -0.4 is 5.32 Å². The molecule has 1 saturated heterocycles. The van der Waals surface area contributed by atoms with E-state index < -0.39 is 0 Å². The molecule has 0 aromatic carbocycles. The molecule has 6 heteroatoms. The van der Waals surface area contributed by atoms with Crippen molar-refractivity contribution in [3.63, 3.8) is 0 Å². The molecule has 0 saturated carbocycles. The summed E-state index contributed by atoms with van der Waals surface area (Å²) in [6.07, 6.45) is 2.57.